The van der Waals surface area contributed by atoms with E-state index < -0.39 is 0 Å². The molecule has 0 saturated carbocycles. The number of rotatable bonds is 3. The van der Waals surface area contributed by atoms with Crippen molar-refractivity contribution < 1.29 is 4.79 Å². The zero-order valence-corrected chi connectivity index (χ0v) is 12.7. The van der Waals surface area contributed by atoms with Crippen molar-refractivity contribution in [1.82, 2.24) is 0 Å². The highest BCUT2D eigenvalue weighted by molar-refractivity contribution is 9.10. The molecule has 0 aromatic heterocycles. The van der Waals surface area contributed by atoms with Crippen molar-refractivity contribution in [2.75, 3.05) is 5.73 Å². The molecule has 0 aliphatic carbocycles. The van der Waals surface area contributed by atoms with Crippen molar-refractivity contribution in [2.45, 2.75) is 6.42 Å². The quantitative estimate of drug-likeness (QED) is 0.673. The summed E-state index contributed by atoms with van der Waals surface area (Å²) in [6.07, 6.45) is 0.168. The zero-order chi connectivity index (χ0) is 14.7. The van der Waals surface area contributed by atoms with Gasteiger partial charge >= 0.3 is 0 Å². The SMILES string of the molecule is N#CCc1cccc(C(=O)c2ccc(Br)cc2Cl)c1N. The second-order valence-corrected chi connectivity index (χ2v) is 5.49. The summed E-state index contributed by atoms with van der Waals surface area (Å²) in [5.41, 5.74) is 7.69. The van der Waals surface area contributed by atoms with Crippen molar-refractivity contribution in [2.24, 2.45) is 0 Å². The summed E-state index contributed by atoms with van der Waals surface area (Å²) in [4.78, 5) is 12.5. The normalized spacial score (nSPS) is 10.1. The summed E-state index contributed by atoms with van der Waals surface area (Å²) in [5, 5.41) is 9.10. The summed E-state index contributed by atoms with van der Waals surface area (Å²) >= 11 is 9.38. The monoisotopic (exact) mass is 348 g/mol. The number of nitrogens with two attached hydrogens (primary N) is 1. The molecule has 0 unspecified atom stereocenters. The standard InChI is InChI=1S/C15H10BrClN2O/c16-10-4-5-11(13(17)8-10)15(20)12-3-1-2-9(6-7-18)14(12)19/h1-5,8H,6,19H2. The third-order valence-corrected chi connectivity index (χ3v) is 3.69. The lowest BCUT2D eigenvalue weighted by Gasteiger charge is -2.09. The lowest BCUT2D eigenvalue weighted by molar-refractivity contribution is 0.103. The number of hydrogen-bond acceptors (Lipinski definition) is 3. The molecule has 20 heavy (non-hydrogen) atoms. The van der Waals surface area contributed by atoms with Gasteiger partial charge in [-0.15, -0.1) is 0 Å². The average Bonchev–Trinajstić information content (AvgIpc) is 2.41. The Hall–Kier alpha value is -1.83. The van der Waals surface area contributed by atoms with E-state index in [-0.39, 0.29) is 12.2 Å². The van der Waals surface area contributed by atoms with Gasteiger partial charge in [-0.25, -0.2) is 0 Å². The van der Waals surface area contributed by atoms with E-state index in [9.17, 15) is 4.79 Å². The van der Waals surface area contributed by atoms with Gasteiger partial charge in [0.05, 0.1) is 17.5 Å². The van der Waals surface area contributed by atoms with Crippen LogP contribution in [0.5, 0.6) is 0 Å². The third-order valence-electron chi connectivity index (χ3n) is 2.89. The first kappa shape index (κ1) is 14.6. The van der Waals surface area contributed by atoms with Gasteiger partial charge in [0.15, 0.2) is 5.78 Å². The summed E-state index contributed by atoms with van der Waals surface area (Å²) in [5.74, 6) is -0.250. The zero-order valence-electron chi connectivity index (χ0n) is 10.4. The number of carbonyl (C=O) groups excluding carboxylic acids is 1. The number of nitrogen functional groups attached to an aromatic ring is 1. The number of hydrogen-bond donors (Lipinski definition) is 1. The molecule has 0 fully saturated rings. The molecule has 2 aromatic carbocycles. The maximum atomic E-state index is 12.5. The van der Waals surface area contributed by atoms with Crippen LogP contribution in [0.3, 0.4) is 0 Å². The first-order valence-corrected chi connectivity index (χ1v) is 6.95. The van der Waals surface area contributed by atoms with Crippen molar-refractivity contribution in [1.29, 1.82) is 5.26 Å². The number of nitrogens with zero attached hydrogens (tertiary/aromatic N) is 1. The molecule has 0 heterocycles. The number of ketones is 1. The highest BCUT2D eigenvalue weighted by Crippen LogP contribution is 2.27. The Morgan fingerprint density at radius 1 is 1.30 bits per heavy atom. The predicted molar refractivity (Wildman–Crippen MR) is 82.8 cm³/mol. The van der Waals surface area contributed by atoms with Crippen LogP contribution in [0.25, 0.3) is 0 Å². The van der Waals surface area contributed by atoms with Crippen LogP contribution >= 0.6 is 27.5 Å². The fourth-order valence-corrected chi connectivity index (χ4v) is 2.63. The number of anilines is 1. The molecule has 0 spiro atoms. The van der Waals surface area contributed by atoms with Crippen molar-refractivity contribution in [3.05, 3.63) is 62.6 Å². The van der Waals surface area contributed by atoms with Gasteiger partial charge in [0.25, 0.3) is 0 Å². The molecule has 0 radical (unpaired) electrons. The van der Waals surface area contributed by atoms with Gasteiger partial charge < -0.3 is 5.73 Å². The first-order chi connectivity index (χ1) is 9.54. The molecule has 2 aromatic rings. The molecular weight excluding hydrogens is 340 g/mol. The Morgan fingerprint density at radius 2 is 2.05 bits per heavy atom. The summed E-state index contributed by atoms with van der Waals surface area (Å²) < 4.78 is 0.797. The van der Waals surface area contributed by atoms with E-state index in [1.54, 1.807) is 36.4 Å². The summed E-state index contributed by atoms with van der Waals surface area (Å²) in [6, 6.07) is 12.2. The van der Waals surface area contributed by atoms with E-state index in [1.807, 2.05) is 6.07 Å². The van der Waals surface area contributed by atoms with Crippen molar-refractivity contribution in [3.63, 3.8) is 0 Å². The minimum Gasteiger partial charge on any atom is -0.398 e. The molecule has 3 nitrogen and oxygen atoms in total. The van der Waals surface area contributed by atoms with Crippen LogP contribution < -0.4 is 5.73 Å². The molecule has 0 bridgehead atoms. The summed E-state index contributed by atoms with van der Waals surface area (Å²) in [6.45, 7) is 0. The number of carbonyl (C=O) groups is 1. The van der Waals surface area contributed by atoms with Crippen LogP contribution in [0.4, 0.5) is 5.69 Å². The van der Waals surface area contributed by atoms with Gasteiger partial charge in [-0.1, -0.05) is 39.7 Å². The maximum Gasteiger partial charge on any atom is 0.196 e. The number of para-hydroxylation sites is 1. The van der Waals surface area contributed by atoms with Crippen molar-refractivity contribution in [3.8, 4) is 6.07 Å². The third kappa shape index (κ3) is 2.84. The van der Waals surface area contributed by atoms with Gasteiger partial charge in [0.1, 0.15) is 0 Å². The number of halogens is 2. The maximum absolute atomic E-state index is 12.5. The van der Waals surface area contributed by atoms with Crippen LogP contribution in [0.1, 0.15) is 21.5 Å². The predicted octanol–water partition coefficient (Wildman–Crippen LogP) is 3.98. The van der Waals surface area contributed by atoms with Crippen LogP contribution in [0.15, 0.2) is 40.9 Å². The van der Waals surface area contributed by atoms with Crippen LogP contribution in [0, 0.1) is 11.3 Å². The Kier molecular flexibility index (Phi) is 4.43. The van der Waals surface area contributed by atoms with Gasteiger partial charge in [-0.3, -0.25) is 4.79 Å². The topological polar surface area (TPSA) is 66.9 Å². The molecule has 2 rings (SSSR count). The van der Waals surface area contributed by atoms with Crippen molar-refractivity contribution >= 4 is 39.0 Å². The Labute approximate surface area is 130 Å². The first-order valence-electron chi connectivity index (χ1n) is 5.78. The highest BCUT2D eigenvalue weighted by atomic mass is 79.9. The number of benzene rings is 2. The minimum absolute atomic E-state index is 0.168. The summed E-state index contributed by atoms with van der Waals surface area (Å²) in [7, 11) is 0. The molecule has 0 aliphatic rings. The molecule has 5 heteroatoms. The molecule has 2 N–H and O–H groups in total. The lowest BCUT2D eigenvalue weighted by Crippen LogP contribution is -2.08. The van der Waals surface area contributed by atoms with Gasteiger partial charge in [-0.2, -0.15) is 5.26 Å². The van der Waals surface area contributed by atoms with E-state index >= 15 is 0 Å². The average molecular weight is 350 g/mol. The molecule has 0 aliphatic heterocycles. The lowest BCUT2D eigenvalue weighted by atomic mass is 9.98. The van der Waals surface area contributed by atoms with Gasteiger partial charge in [0.2, 0.25) is 0 Å². The Balaban J connectivity index is 2.49. The van der Waals surface area contributed by atoms with E-state index in [2.05, 4.69) is 15.9 Å². The highest BCUT2D eigenvalue weighted by Gasteiger charge is 2.17. The van der Waals surface area contributed by atoms with E-state index in [0.717, 1.165) is 4.47 Å². The largest absolute Gasteiger partial charge is 0.398 e. The van der Waals surface area contributed by atoms with Crippen LogP contribution in [0.2, 0.25) is 5.02 Å². The fraction of sp³-hybridized carbons (Fsp3) is 0.0667. The molecule has 0 amide bonds. The minimum atomic E-state index is -0.250. The van der Waals surface area contributed by atoms with E-state index in [1.165, 1.54) is 0 Å². The molecular formula is C15H10BrClN2O. The fourth-order valence-electron chi connectivity index (χ4n) is 1.87. The smallest absolute Gasteiger partial charge is 0.196 e. The molecule has 100 valence electrons. The Morgan fingerprint density at radius 3 is 2.70 bits per heavy atom. The Bertz CT molecular complexity index is 722. The number of nitriles is 1. The van der Waals surface area contributed by atoms with Crippen LogP contribution in [-0.4, -0.2) is 5.78 Å². The van der Waals surface area contributed by atoms with Gasteiger partial charge in [0, 0.05) is 21.3 Å². The molecule has 0 saturated heterocycles. The van der Waals surface area contributed by atoms with Gasteiger partial charge in [-0.05, 0) is 29.8 Å². The van der Waals surface area contributed by atoms with Crippen LogP contribution in [-0.2, 0) is 6.42 Å². The second-order valence-electron chi connectivity index (χ2n) is 4.17. The second kappa shape index (κ2) is 6.08. The van der Waals surface area contributed by atoms with E-state index in [4.69, 9.17) is 22.6 Å². The van der Waals surface area contributed by atoms with E-state index in [0.29, 0.717) is 27.4 Å². The molecule has 0 atom stereocenters.